The van der Waals surface area contributed by atoms with Crippen LogP contribution in [0.2, 0.25) is 0 Å². The fraction of sp³-hybridized carbons (Fsp3) is 0.611. The van der Waals surface area contributed by atoms with E-state index in [1.54, 1.807) is 7.11 Å². The molecule has 2 atom stereocenters. The van der Waals surface area contributed by atoms with Crippen molar-refractivity contribution in [1.82, 2.24) is 10.6 Å². The van der Waals surface area contributed by atoms with Gasteiger partial charge >= 0.3 is 6.03 Å². The molecule has 23 heavy (non-hydrogen) atoms. The highest BCUT2D eigenvalue weighted by atomic mass is 16.5. The second-order valence-corrected chi connectivity index (χ2v) is 7.06. The number of amides is 2. The zero-order valence-corrected chi connectivity index (χ0v) is 13.8. The highest BCUT2D eigenvalue weighted by molar-refractivity contribution is 5.75. The molecule has 0 heterocycles. The van der Waals surface area contributed by atoms with Crippen molar-refractivity contribution in [2.45, 2.75) is 62.3 Å². The number of hydrogen-bond acceptors (Lipinski definition) is 3. The largest absolute Gasteiger partial charge is 0.385 e. The molecule has 2 amide bonds. The SMILES string of the molecule is CO[C@@]1(C)C[C@H]1NC(=O)NC1CCC(O)(c2ccccc2)CC1. The van der Waals surface area contributed by atoms with E-state index in [-0.39, 0.29) is 23.7 Å². The molecular formula is C18H26N2O3. The summed E-state index contributed by atoms with van der Waals surface area (Å²) in [6, 6.07) is 9.88. The van der Waals surface area contributed by atoms with Gasteiger partial charge < -0.3 is 20.5 Å². The van der Waals surface area contributed by atoms with Gasteiger partial charge in [-0.15, -0.1) is 0 Å². The van der Waals surface area contributed by atoms with Crippen LogP contribution in [0.3, 0.4) is 0 Å². The van der Waals surface area contributed by atoms with Gasteiger partial charge in [-0.05, 0) is 38.2 Å². The maximum absolute atomic E-state index is 12.1. The van der Waals surface area contributed by atoms with Crippen molar-refractivity contribution in [3.8, 4) is 0 Å². The van der Waals surface area contributed by atoms with E-state index in [1.807, 2.05) is 37.3 Å². The van der Waals surface area contributed by atoms with E-state index in [1.165, 1.54) is 0 Å². The second-order valence-electron chi connectivity index (χ2n) is 7.06. The fourth-order valence-electron chi connectivity index (χ4n) is 3.44. The van der Waals surface area contributed by atoms with Crippen LogP contribution in [0, 0.1) is 0 Å². The third-order valence-electron chi connectivity index (χ3n) is 5.42. The molecule has 3 rings (SSSR count). The van der Waals surface area contributed by atoms with Gasteiger partial charge in [0.2, 0.25) is 0 Å². The number of hydrogen-bond donors (Lipinski definition) is 3. The highest BCUT2D eigenvalue weighted by Crippen LogP contribution is 2.39. The van der Waals surface area contributed by atoms with Crippen LogP contribution in [0.4, 0.5) is 4.79 Å². The normalized spacial score (nSPS) is 36.3. The van der Waals surface area contributed by atoms with E-state index in [0.29, 0.717) is 12.8 Å². The van der Waals surface area contributed by atoms with Crippen LogP contribution in [-0.2, 0) is 10.3 Å². The number of ether oxygens (including phenoxy) is 1. The summed E-state index contributed by atoms with van der Waals surface area (Å²) in [7, 11) is 1.67. The van der Waals surface area contributed by atoms with Crippen LogP contribution in [0.1, 0.15) is 44.6 Å². The molecule has 0 bridgehead atoms. The van der Waals surface area contributed by atoms with Crippen molar-refractivity contribution in [1.29, 1.82) is 0 Å². The van der Waals surface area contributed by atoms with E-state index in [4.69, 9.17) is 4.74 Å². The summed E-state index contributed by atoms with van der Waals surface area (Å²) in [4.78, 5) is 12.1. The van der Waals surface area contributed by atoms with Gasteiger partial charge in [0.05, 0.1) is 17.2 Å². The van der Waals surface area contributed by atoms with Gasteiger partial charge in [-0.2, -0.15) is 0 Å². The Morgan fingerprint density at radius 1 is 1.22 bits per heavy atom. The molecule has 0 saturated heterocycles. The van der Waals surface area contributed by atoms with Gasteiger partial charge in [0.15, 0.2) is 0 Å². The van der Waals surface area contributed by atoms with Crippen molar-refractivity contribution in [3.63, 3.8) is 0 Å². The zero-order valence-electron chi connectivity index (χ0n) is 13.8. The smallest absolute Gasteiger partial charge is 0.315 e. The number of carbonyl (C=O) groups excluding carboxylic acids is 1. The monoisotopic (exact) mass is 318 g/mol. The van der Waals surface area contributed by atoms with Crippen LogP contribution in [0.25, 0.3) is 0 Å². The molecule has 2 saturated carbocycles. The molecule has 2 fully saturated rings. The summed E-state index contributed by atoms with van der Waals surface area (Å²) in [6.45, 7) is 2.00. The van der Waals surface area contributed by atoms with Gasteiger partial charge in [0, 0.05) is 19.6 Å². The molecule has 0 radical (unpaired) electrons. The third kappa shape index (κ3) is 3.51. The second kappa shape index (κ2) is 6.13. The van der Waals surface area contributed by atoms with Gasteiger partial charge in [-0.3, -0.25) is 0 Å². The topological polar surface area (TPSA) is 70.6 Å². The summed E-state index contributed by atoms with van der Waals surface area (Å²) in [6.07, 6.45) is 3.76. The zero-order chi connectivity index (χ0) is 16.5. The molecule has 2 aliphatic rings. The molecule has 3 N–H and O–H groups in total. The molecule has 2 aliphatic carbocycles. The number of aliphatic hydroxyl groups is 1. The van der Waals surface area contributed by atoms with E-state index in [9.17, 15) is 9.90 Å². The summed E-state index contributed by atoms with van der Waals surface area (Å²) >= 11 is 0. The Morgan fingerprint density at radius 2 is 1.87 bits per heavy atom. The van der Waals surface area contributed by atoms with Crippen molar-refractivity contribution in [2.75, 3.05) is 7.11 Å². The van der Waals surface area contributed by atoms with Crippen LogP contribution in [0.15, 0.2) is 30.3 Å². The van der Waals surface area contributed by atoms with E-state index in [0.717, 1.165) is 24.8 Å². The average molecular weight is 318 g/mol. The molecule has 1 aromatic rings. The van der Waals surface area contributed by atoms with Gasteiger partial charge in [0.25, 0.3) is 0 Å². The van der Waals surface area contributed by atoms with E-state index < -0.39 is 5.60 Å². The number of urea groups is 1. The molecule has 126 valence electrons. The first-order chi connectivity index (χ1) is 11.0. The molecule has 0 aliphatic heterocycles. The molecule has 0 aromatic heterocycles. The van der Waals surface area contributed by atoms with Gasteiger partial charge in [-0.1, -0.05) is 30.3 Å². The molecule has 0 spiro atoms. The maximum atomic E-state index is 12.1. The Kier molecular flexibility index (Phi) is 4.34. The van der Waals surface area contributed by atoms with Crippen LogP contribution < -0.4 is 10.6 Å². The first-order valence-electron chi connectivity index (χ1n) is 8.35. The fourth-order valence-corrected chi connectivity index (χ4v) is 3.44. The average Bonchev–Trinajstić information content (AvgIpc) is 3.21. The van der Waals surface area contributed by atoms with Gasteiger partial charge in [0.1, 0.15) is 0 Å². The molecule has 1 aromatic carbocycles. The number of rotatable bonds is 4. The van der Waals surface area contributed by atoms with E-state index in [2.05, 4.69) is 10.6 Å². The molecule has 5 heteroatoms. The van der Waals surface area contributed by atoms with Crippen molar-refractivity contribution in [3.05, 3.63) is 35.9 Å². The van der Waals surface area contributed by atoms with Crippen LogP contribution in [-0.4, -0.2) is 35.9 Å². The Morgan fingerprint density at radius 3 is 2.43 bits per heavy atom. The van der Waals surface area contributed by atoms with Crippen molar-refractivity contribution in [2.24, 2.45) is 0 Å². The van der Waals surface area contributed by atoms with Crippen molar-refractivity contribution >= 4 is 6.03 Å². The molecule has 5 nitrogen and oxygen atoms in total. The lowest BCUT2D eigenvalue weighted by Gasteiger charge is -2.36. The number of methoxy groups -OCH3 is 1. The van der Waals surface area contributed by atoms with Gasteiger partial charge in [-0.25, -0.2) is 4.79 Å². The minimum atomic E-state index is -0.763. The van der Waals surface area contributed by atoms with Crippen LogP contribution in [0.5, 0.6) is 0 Å². The number of nitrogens with one attached hydrogen (secondary N) is 2. The summed E-state index contributed by atoms with van der Waals surface area (Å²) in [5, 5.41) is 16.8. The lowest BCUT2D eigenvalue weighted by molar-refractivity contribution is -0.00735. The quantitative estimate of drug-likeness (QED) is 0.798. The predicted octanol–water partition coefficient (Wildman–Crippen LogP) is 2.29. The molecule has 0 unspecified atom stereocenters. The predicted molar refractivity (Wildman–Crippen MR) is 88.1 cm³/mol. The third-order valence-corrected chi connectivity index (χ3v) is 5.42. The Hall–Kier alpha value is -1.59. The minimum absolute atomic E-state index is 0.0948. The summed E-state index contributed by atoms with van der Waals surface area (Å²) < 4.78 is 5.35. The lowest BCUT2D eigenvalue weighted by atomic mass is 9.78. The lowest BCUT2D eigenvalue weighted by Crippen LogP contribution is -2.47. The van der Waals surface area contributed by atoms with Crippen LogP contribution >= 0.6 is 0 Å². The number of carbonyl (C=O) groups is 1. The standard InChI is InChI=1S/C18H26N2O3/c1-17(23-2)12-15(17)20-16(21)19-14-8-10-18(22,11-9-14)13-6-4-3-5-7-13/h3-7,14-15,22H,8-12H2,1-2H3,(H2,19,20,21)/t14?,15-,17+,18?/m1/s1. The number of benzene rings is 1. The maximum Gasteiger partial charge on any atom is 0.315 e. The Bertz CT molecular complexity index is 555. The summed E-state index contributed by atoms with van der Waals surface area (Å²) in [5.74, 6) is 0. The highest BCUT2D eigenvalue weighted by Gasteiger charge is 2.51. The van der Waals surface area contributed by atoms with E-state index >= 15 is 0 Å². The Labute approximate surface area is 137 Å². The summed E-state index contributed by atoms with van der Waals surface area (Å²) in [5.41, 5.74) is -0.00451. The first kappa shape index (κ1) is 16.3. The Balaban J connectivity index is 1.47. The minimum Gasteiger partial charge on any atom is -0.385 e. The van der Waals surface area contributed by atoms with Crippen molar-refractivity contribution < 1.29 is 14.6 Å². The molecular weight excluding hydrogens is 292 g/mol. The first-order valence-corrected chi connectivity index (χ1v) is 8.35.